The van der Waals surface area contributed by atoms with Crippen LogP contribution in [0.2, 0.25) is 0 Å². The van der Waals surface area contributed by atoms with E-state index in [9.17, 15) is 0 Å². The number of nitrogens with one attached hydrogen (secondary N) is 2. The van der Waals surface area contributed by atoms with Crippen molar-refractivity contribution in [3.63, 3.8) is 0 Å². The number of hydrogen-bond donors (Lipinski definition) is 2. The average Bonchev–Trinajstić information content (AvgIpc) is 3.29. The molecule has 7 heteroatoms. The van der Waals surface area contributed by atoms with E-state index in [1.54, 1.807) is 7.11 Å². The Morgan fingerprint density at radius 1 is 1.32 bits per heavy atom. The summed E-state index contributed by atoms with van der Waals surface area (Å²) in [5.41, 5.74) is 3.44. The average molecular weight is 385 g/mol. The van der Waals surface area contributed by atoms with Crippen LogP contribution in [0.15, 0.2) is 35.3 Å². The zero-order valence-electron chi connectivity index (χ0n) is 17.4. The topological polar surface area (TPSA) is 66.7 Å². The van der Waals surface area contributed by atoms with E-state index in [1.165, 1.54) is 5.69 Å². The fraction of sp³-hybridized carbons (Fsp3) is 0.524. The maximum absolute atomic E-state index is 5.50. The van der Waals surface area contributed by atoms with Crippen molar-refractivity contribution in [2.75, 3.05) is 38.7 Å². The van der Waals surface area contributed by atoms with Crippen LogP contribution < -0.4 is 20.3 Å². The SMILES string of the molecule is CN=C(NCCCn1nc(C)cc1C)NC1CCN(c2ccccc2OC)C1. The fourth-order valence-electron chi connectivity index (χ4n) is 3.71. The molecule has 0 saturated carbocycles. The Balaban J connectivity index is 1.44. The number of nitrogens with zero attached hydrogens (tertiary/aromatic N) is 4. The summed E-state index contributed by atoms with van der Waals surface area (Å²) in [6, 6.07) is 10.7. The predicted octanol–water partition coefficient (Wildman–Crippen LogP) is 2.34. The van der Waals surface area contributed by atoms with Crippen LogP contribution in [0.3, 0.4) is 0 Å². The minimum Gasteiger partial charge on any atom is -0.495 e. The second-order valence-electron chi connectivity index (χ2n) is 7.25. The molecule has 1 aliphatic heterocycles. The van der Waals surface area contributed by atoms with Gasteiger partial charge >= 0.3 is 0 Å². The van der Waals surface area contributed by atoms with E-state index in [0.717, 1.165) is 62.1 Å². The molecule has 152 valence electrons. The first-order chi connectivity index (χ1) is 13.6. The van der Waals surface area contributed by atoms with Crippen molar-refractivity contribution in [3.8, 4) is 5.75 Å². The molecular formula is C21H32N6O. The third-order valence-corrected chi connectivity index (χ3v) is 5.12. The van der Waals surface area contributed by atoms with Crippen molar-refractivity contribution >= 4 is 11.6 Å². The predicted molar refractivity (Wildman–Crippen MR) is 114 cm³/mol. The summed E-state index contributed by atoms with van der Waals surface area (Å²) in [5, 5.41) is 11.5. The van der Waals surface area contributed by atoms with Gasteiger partial charge in [0.25, 0.3) is 0 Å². The molecule has 3 rings (SSSR count). The van der Waals surface area contributed by atoms with Crippen molar-refractivity contribution in [2.45, 2.75) is 39.3 Å². The number of ether oxygens (including phenoxy) is 1. The van der Waals surface area contributed by atoms with E-state index in [1.807, 2.05) is 26.1 Å². The first-order valence-corrected chi connectivity index (χ1v) is 9.97. The summed E-state index contributed by atoms with van der Waals surface area (Å²) in [5.74, 6) is 1.79. The number of para-hydroxylation sites is 2. The normalized spacial score (nSPS) is 17.1. The van der Waals surface area contributed by atoms with E-state index in [4.69, 9.17) is 4.74 Å². The summed E-state index contributed by atoms with van der Waals surface area (Å²) in [7, 11) is 3.55. The Morgan fingerprint density at radius 2 is 2.14 bits per heavy atom. The van der Waals surface area contributed by atoms with Gasteiger partial charge in [-0.25, -0.2) is 0 Å². The van der Waals surface area contributed by atoms with Gasteiger partial charge in [0.2, 0.25) is 0 Å². The minimum absolute atomic E-state index is 0.368. The van der Waals surface area contributed by atoms with Crippen molar-refractivity contribution in [2.24, 2.45) is 4.99 Å². The number of rotatable bonds is 7. The molecular weight excluding hydrogens is 352 g/mol. The summed E-state index contributed by atoms with van der Waals surface area (Å²) in [6.45, 7) is 7.85. The maximum Gasteiger partial charge on any atom is 0.191 e. The second kappa shape index (κ2) is 9.48. The number of methoxy groups -OCH3 is 1. The van der Waals surface area contributed by atoms with Gasteiger partial charge in [-0.05, 0) is 44.9 Å². The van der Waals surface area contributed by atoms with Gasteiger partial charge in [0, 0.05) is 45.0 Å². The van der Waals surface area contributed by atoms with E-state index in [0.29, 0.717) is 6.04 Å². The van der Waals surface area contributed by atoms with Gasteiger partial charge in [0.1, 0.15) is 5.75 Å². The van der Waals surface area contributed by atoms with Crippen LogP contribution in [0.4, 0.5) is 5.69 Å². The standard InChI is InChI=1S/C21H32N6O/c1-16-14-17(2)27(25-16)12-7-11-23-21(22-3)24-18-10-13-26(15-18)19-8-5-6-9-20(19)28-4/h5-6,8-9,14,18H,7,10-13,15H2,1-4H3,(H2,22,23,24). The number of aromatic nitrogens is 2. The van der Waals surface area contributed by atoms with Gasteiger partial charge < -0.3 is 20.3 Å². The zero-order chi connectivity index (χ0) is 19.9. The number of aryl methyl sites for hydroxylation is 3. The van der Waals surface area contributed by atoms with Crippen LogP contribution in [-0.2, 0) is 6.54 Å². The molecule has 0 bridgehead atoms. The molecule has 0 aliphatic carbocycles. The number of hydrogen-bond acceptors (Lipinski definition) is 4. The monoisotopic (exact) mass is 384 g/mol. The number of anilines is 1. The summed E-state index contributed by atoms with van der Waals surface area (Å²) in [6.07, 6.45) is 2.07. The molecule has 2 aromatic rings. The van der Waals surface area contributed by atoms with Crippen molar-refractivity contribution < 1.29 is 4.74 Å². The third-order valence-electron chi connectivity index (χ3n) is 5.12. The van der Waals surface area contributed by atoms with Gasteiger partial charge in [-0.3, -0.25) is 9.67 Å². The van der Waals surface area contributed by atoms with Crippen LogP contribution in [-0.4, -0.2) is 55.6 Å². The maximum atomic E-state index is 5.50. The first kappa shape index (κ1) is 20.0. The minimum atomic E-state index is 0.368. The molecule has 1 atom stereocenters. The molecule has 1 unspecified atom stereocenters. The summed E-state index contributed by atoms with van der Waals surface area (Å²) >= 11 is 0. The third kappa shape index (κ3) is 4.97. The quantitative estimate of drug-likeness (QED) is 0.436. The van der Waals surface area contributed by atoms with E-state index >= 15 is 0 Å². The van der Waals surface area contributed by atoms with Crippen LogP contribution in [0.25, 0.3) is 0 Å². The molecule has 1 aromatic carbocycles. The van der Waals surface area contributed by atoms with Crippen molar-refractivity contribution in [1.82, 2.24) is 20.4 Å². The molecule has 1 saturated heterocycles. The lowest BCUT2D eigenvalue weighted by Gasteiger charge is -2.22. The highest BCUT2D eigenvalue weighted by molar-refractivity contribution is 5.80. The lowest BCUT2D eigenvalue weighted by atomic mass is 10.2. The Bertz CT molecular complexity index is 800. The van der Waals surface area contributed by atoms with Gasteiger partial charge in [0.05, 0.1) is 18.5 Å². The highest BCUT2D eigenvalue weighted by Gasteiger charge is 2.25. The van der Waals surface area contributed by atoms with Crippen LogP contribution in [0.5, 0.6) is 5.75 Å². The number of aliphatic imine (C=N–C) groups is 1. The molecule has 1 aliphatic rings. The smallest absolute Gasteiger partial charge is 0.191 e. The lowest BCUT2D eigenvalue weighted by molar-refractivity contribution is 0.415. The van der Waals surface area contributed by atoms with Crippen molar-refractivity contribution in [1.29, 1.82) is 0 Å². The highest BCUT2D eigenvalue weighted by atomic mass is 16.5. The molecule has 0 radical (unpaired) electrons. The fourth-order valence-corrected chi connectivity index (χ4v) is 3.71. The summed E-state index contributed by atoms with van der Waals surface area (Å²) < 4.78 is 7.57. The van der Waals surface area contributed by atoms with Crippen LogP contribution in [0, 0.1) is 13.8 Å². The number of guanidine groups is 1. The van der Waals surface area contributed by atoms with Crippen LogP contribution in [0.1, 0.15) is 24.2 Å². The Morgan fingerprint density at radius 3 is 2.86 bits per heavy atom. The van der Waals surface area contributed by atoms with E-state index < -0.39 is 0 Å². The van der Waals surface area contributed by atoms with Gasteiger partial charge in [0.15, 0.2) is 5.96 Å². The largest absolute Gasteiger partial charge is 0.495 e. The zero-order valence-corrected chi connectivity index (χ0v) is 17.4. The number of benzene rings is 1. The molecule has 1 aromatic heterocycles. The van der Waals surface area contributed by atoms with Gasteiger partial charge in [-0.15, -0.1) is 0 Å². The van der Waals surface area contributed by atoms with Crippen LogP contribution >= 0.6 is 0 Å². The van der Waals surface area contributed by atoms with E-state index in [2.05, 4.69) is 55.4 Å². The first-order valence-electron chi connectivity index (χ1n) is 9.97. The Kier molecular flexibility index (Phi) is 6.79. The molecule has 1 fully saturated rings. The lowest BCUT2D eigenvalue weighted by Crippen LogP contribution is -2.45. The van der Waals surface area contributed by atoms with Crippen molar-refractivity contribution in [3.05, 3.63) is 41.7 Å². The molecule has 2 heterocycles. The molecule has 0 spiro atoms. The highest BCUT2D eigenvalue weighted by Crippen LogP contribution is 2.30. The summed E-state index contributed by atoms with van der Waals surface area (Å²) in [4.78, 5) is 6.75. The van der Waals surface area contributed by atoms with Gasteiger partial charge in [-0.2, -0.15) is 5.10 Å². The van der Waals surface area contributed by atoms with E-state index in [-0.39, 0.29) is 0 Å². The molecule has 28 heavy (non-hydrogen) atoms. The van der Waals surface area contributed by atoms with Gasteiger partial charge in [-0.1, -0.05) is 12.1 Å². The molecule has 7 nitrogen and oxygen atoms in total. The molecule has 2 N–H and O–H groups in total. The second-order valence-corrected chi connectivity index (χ2v) is 7.25. The molecule has 0 amide bonds. The Hall–Kier alpha value is -2.70. The Labute approximate surface area is 167 Å².